The van der Waals surface area contributed by atoms with E-state index in [4.69, 9.17) is 9.47 Å². The van der Waals surface area contributed by atoms with Gasteiger partial charge in [0.2, 0.25) is 0 Å². The largest absolute Gasteiger partial charge is 0.493 e. The lowest BCUT2D eigenvalue weighted by molar-refractivity contribution is -0.117. The molecule has 0 atom stereocenters. The molecule has 0 amide bonds. The van der Waals surface area contributed by atoms with Crippen LogP contribution in [0.25, 0.3) is 10.8 Å². The quantitative estimate of drug-likeness (QED) is 0.189. The summed E-state index contributed by atoms with van der Waals surface area (Å²) in [5.74, 6) is 1.04. The molecule has 3 aliphatic rings. The molecule has 4 aromatic rings. The van der Waals surface area contributed by atoms with Crippen molar-refractivity contribution < 1.29 is 19.1 Å². The molecule has 0 bridgehead atoms. The van der Waals surface area contributed by atoms with E-state index in [1.165, 1.54) is 5.56 Å². The van der Waals surface area contributed by atoms with Gasteiger partial charge in [-0.1, -0.05) is 72.8 Å². The number of ether oxygens (including phenoxy) is 2. The zero-order valence-electron chi connectivity index (χ0n) is 25.5. The molecule has 7 rings (SSSR count). The molecule has 5 nitrogen and oxygen atoms in total. The van der Waals surface area contributed by atoms with Gasteiger partial charge in [-0.2, -0.15) is 0 Å². The molecule has 0 spiro atoms. The summed E-state index contributed by atoms with van der Waals surface area (Å²) >= 11 is 3.78. The van der Waals surface area contributed by atoms with Crippen molar-refractivity contribution in [1.82, 2.24) is 4.90 Å². The molecular formula is C39H36BrNO4. The van der Waals surface area contributed by atoms with Gasteiger partial charge < -0.3 is 14.4 Å². The number of methoxy groups -OCH3 is 1. The summed E-state index contributed by atoms with van der Waals surface area (Å²) in [6.45, 7) is 1.12. The Bertz CT molecular complexity index is 1810. The number of benzene rings is 4. The zero-order valence-corrected chi connectivity index (χ0v) is 27.1. The van der Waals surface area contributed by atoms with Gasteiger partial charge in [0.05, 0.1) is 11.6 Å². The number of hydrogen-bond donors (Lipinski definition) is 0. The first-order valence-corrected chi connectivity index (χ1v) is 16.6. The first-order valence-electron chi connectivity index (χ1n) is 15.8. The maximum Gasteiger partial charge on any atom is 0.175 e. The number of Topliss-reactive ketones (excluding diaryl/α,β-unsaturated/α-hetero) is 2. The van der Waals surface area contributed by atoms with Crippen molar-refractivity contribution in [3.63, 3.8) is 0 Å². The number of allylic oxidation sites excluding steroid dienone is 4. The second kappa shape index (κ2) is 12.7. The molecule has 0 saturated carbocycles. The average molecular weight is 663 g/mol. The highest BCUT2D eigenvalue weighted by molar-refractivity contribution is 9.10. The number of ketones is 2. The lowest BCUT2D eigenvalue weighted by Gasteiger charge is -2.44. The zero-order chi connectivity index (χ0) is 30.9. The highest BCUT2D eigenvalue weighted by Gasteiger charge is 2.43. The predicted molar refractivity (Wildman–Crippen MR) is 180 cm³/mol. The topological polar surface area (TPSA) is 55.8 Å². The second-order valence-corrected chi connectivity index (χ2v) is 12.9. The van der Waals surface area contributed by atoms with Crippen LogP contribution in [-0.4, -0.2) is 30.1 Å². The van der Waals surface area contributed by atoms with Gasteiger partial charge in [-0.3, -0.25) is 9.59 Å². The number of hydrogen-bond acceptors (Lipinski definition) is 5. The lowest BCUT2D eigenvalue weighted by Crippen LogP contribution is -2.40. The third kappa shape index (κ3) is 5.61. The molecule has 0 aromatic heterocycles. The Balaban J connectivity index is 1.27. The van der Waals surface area contributed by atoms with Crippen molar-refractivity contribution in [2.75, 3.05) is 13.7 Å². The first-order chi connectivity index (χ1) is 22.0. The molecule has 1 heterocycles. The fourth-order valence-electron chi connectivity index (χ4n) is 7.32. The molecule has 0 unspecified atom stereocenters. The van der Waals surface area contributed by atoms with Gasteiger partial charge in [-0.25, -0.2) is 0 Å². The van der Waals surface area contributed by atoms with E-state index < -0.39 is 5.92 Å². The van der Waals surface area contributed by atoms with Gasteiger partial charge in [0.25, 0.3) is 0 Å². The molecule has 0 radical (unpaired) electrons. The summed E-state index contributed by atoms with van der Waals surface area (Å²) in [6.07, 6.45) is 5.19. The number of halogens is 1. The molecule has 1 aliphatic heterocycles. The van der Waals surface area contributed by atoms with Gasteiger partial charge in [-0.15, -0.1) is 0 Å². The van der Waals surface area contributed by atoms with Gasteiger partial charge in [0.1, 0.15) is 6.61 Å². The van der Waals surface area contributed by atoms with Crippen LogP contribution in [-0.2, 0) is 22.6 Å². The first kappa shape index (κ1) is 29.5. The Morgan fingerprint density at radius 3 is 2.18 bits per heavy atom. The molecule has 45 heavy (non-hydrogen) atoms. The van der Waals surface area contributed by atoms with E-state index in [9.17, 15) is 9.59 Å². The number of carbonyl (C=O) groups is 2. The van der Waals surface area contributed by atoms with Crippen molar-refractivity contribution in [3.8, 4) is 11.5 Å². The number of nitrogens with zero attached hydrogens (tertiary/aromatic N) is 1. The molecule has 0 N–H and O–H groups in total. The predicted octanol–water partition coefficient (Wildman–Crippen LogP) is 8.85. The van der Waals surface area contributed by atoms with E-state index in [2.05, 4.69) is 69.4 Å². The number of carbonyl (C=O) groups excluding carboxylic acids is 2. The van der Waals surface area contributed by atoms with Crippen molar-refractivity contribution in [2.24, 2.45) is 0 Å². The molecule has 0 fully saturated rings. The van der Waals surface area contributed by atoms with Crippen molar-refractivity contribution >= 4 is 38.3 Å². The van der Waals surface area contributed by atoms with Gasteiger partial charge in [-0.05, 0) is 87.6 Å². The Hall–Kier alpha value is -4.16. The molecular weight excluding hydrogens is 626 g/mol. The van der Waals surface area contributed by atoms with Crippen LogP contribution in [0.1, 0.15) is 61.1 Å². The van der Waals surface area contributed by atoms with Crippen molar-refractivity contribution in [3.05, 3.63) is 129 Å². The summed E-state index contributed by atoms with van der Waals surface area (Å²) in [6, 6.07) is 28.9. The normalized spacial score (nSPS) is 17.1. The van der Waals surface area contributed by atoms with Gasteiger partial charge >= 0.3 is 0 Å². The van der Waals surface area contributed by atoms with Crippen LogP contribution >= 0.6 is 15.9 Å². The number of fused-ring (bicyclic) bond motifs is 1. The smallest absolute Gasteiger partial charge is 0.175 e. The minimum Gasteiger partial charge on any atom is -0.493 e. The Kier molecular flexibility index (Phi) is 8.33. The Morgan fingerprint density at radius 2 is 1.47 bits per heavy atom. The molecule has 2 aliphatic carbocycles. The van der Waals surface area contributed by atoms with Crippen molar-refractivity contribution in [1.29, 1.82) is 0 Å². The maximum absolute atomic E-state index is 13.8. The van der Waals surface area contributed by atoms with Crippen molar-refractivity contribution in [2.45, 2.75) is 57.5 Å². The van der Waals surface area contributed by atoms with Crippen LogP contribution in [0.3, 0.4) is 0 Å². The standard InChI is InChI=1S/C39H36BrNO4/c1-44-35-23-28(22-30(40)39(35)45-24-27-14-7-13-26-12-5-6-15-29(26)27)36-37-31(16-8-18-33(37)42)41(21-20-25-10-3-2-4-11-25)32-17-9-19-34(43)38(32)36/h2-7,10-15,22-23,36H,8-9,16-21,24H2,1H3. The summed E-state index contributed by atoms with van der Waals surface area (Å²) in [7, 11) is 1.63. The van der Waals surface area contributed by atoms with Gasteiger partial charge in [0, 0.05) is 47.8 Å². The summed E-state index contributed by atoms with van der Waals surface area (Å²) < 4.78 is 13.0. The highest BCUT2D eigenvalue weighted by Crippen LogP contribution is 2.51. The Labute approximate surface area is 272 Å². The summed E-state index contributed by atoms with van der Waals surface area (Å²) in [5.41, 5.74) is 6.95. The SMILES string of the molecule is COc1cc(C2C3=C(CCCC3=O)N(CCc3ccccc3)C3=C2C(=O)CCC3)cc(Br)c1OCc1cccc2ccccc12. The van der Waals surface area contributed by atoms with E-state index in [-0.39, 0.29) is 11.6 Å². The third-order valence-electron chi connectivity index (χ3n) is 9.39. The average Bonchev–Trinajstić information content (AvgIpc) is 3.07. The van der Waals surface area contributed by atoms with Crippen LogP contribution < -0.4 is 9.47 Å². The minimum atomic E-state index is -0.416. The van der Waals surface area contributed by atoms with E-state index in [1.807, 2.05) is 36.4 Å². The van der Waals surface area contributed by atoms with Gasteiger partial charge in [0.15, 0.2) is 23.1 Å². The Morgan fingerprint density at radius 1 is 0.800 bits per heavy atom. The van der Waals surface area contributed by atoms with E-state index in [1.54, 1.807) is 7.11 Å². The molecule has 6 heteroatoms. The van der Waals surface area contributed by atoms with Crippen LogP contribution in [0.5, 0.6) is 11.5 Å². The molecule has 0 saturated heterocycles. The van der Waals surface area contributed by atoms with Crippen LogP contribution in [0.4, 0.5) is 0 Å². The fraction of sp³-hybridized carbons (Fsp3) is 0.282. The van der Waals surface area contributed by atoms with E-state index in [0.717, 1.165) is 87.6 Å². The van der Waals surface area contributed by atoms with Crippen LogP contribution in [0.2, 0.25) is 0 Å². The molecule has 228 valence electrons. The second-order valence-electron chi connectivity index (χ2n) is 12.1. The van der Waals surface area contributed by atoms with Crippen LogP contribution in [0, 0.1) is 0 Å². The van der Waals surface area contributed by atoms with E-state index >= 15 is 0 Å². The number of rotatable bonds is 8. The monoisotopic (exact) mass is 661 g/mol. The van der Waals surface area contributed by atoms with Crippen LogP contribution in [0.15, 0.2) is 112 Å². The van der Waals surface area contributed by atoms with E-state index in [0.29, 0.717) is 30.9 Å². The lowest BCUT2D eigenvalue weighted by atomic mass is 9.71. The highest BCUT2D eigenvalue weighted by atomic mass is 79.9. The summed E-state index contributed by atoms with van der Waals surface area (Å²) in [5, 5.41) is 2.31. The molecule has 4 aromatic carbocycles. The summed E-state index contributed by atoms with van der Waals surface area (Å²) in [4.78, 5) is 29.9. The third-order valence-corrected chi connectivity index (χ3v) is 9.98. The maximum atomic E-state index is 13.8. The minimum absolute atomic E-state index is 0.141. The fourth-order valence-corrected chi connectivity index (χ4v) is 7.89.